The average molecular weight is 479 g/mol. The Morgan fingerprint density at radius 1 is 1.12 bits per heavy atom. The third-order valence-corrected chi connectivity index (χ3v) is 5.89. The zero-order chi connectivity index (χ0) is 23.1. The van der Waals surface area contributed by atoms with Crippen molar-refractivity contribution in [3.63, 3.8) is 0 Å². The molecule has 0 atom stereocenters. The molecule has 0 fully saturated rings. The van der Waals surface area contributed by atoms with Gasteiger partial charge in [-0.05, 0) is 36.8 Å². The molecule has 0 spiro atoms. The van der Waals surface area contributed by atoms with Gasteiger partial charge in [0.25, 0.3) is 17.4 Å². The summed E-state index contributed by atoms with van der Waals surface area (Å²) in [6.45, 7) is 1.87. The fraction of sp³-hybridized carbons (Fsp3) is 0.0455. The highest BCUT2D eigenvalue weighted by atomic mass is 35.5. The van der Waals surface area contributed by atoms with Crippen LogP contribution in [0.3, 0.4) is 0 Å². The number of carbonyl (C=O) groups is 1. The minimum atomic E-state index is -0.750. The molecule has 0 saturated carbocycles. The van der Waals surface area contributed by atoms with Gasteiger partial charge in [-0.2, -0.15) is 14.8 Å². The number of aromatic hydroxyl groups is 1. The lowest BCUT2D eigenvalue weighted by Gasteiger charge is -2.08. The Balaban J connectivity index is 1.47. The molecular weight excluding hydrogens is 464 g/mol. The predicted octanol–water partition coefficient (Wildman–Crippen LogP) is 3.92. The summed E-state index contributed by atoms with van der Waals surface area (Å²) in [5, 5.41) is 23.7. The second kappa shape index (κ2) is 8.15. The molecule has 11 heteroatoms. The van der Waals surface area contributed by atoms with E-state index in [9.17, 15) is 14.7 Å². The average Bonchev–Trinajstić information content (AvgIpc) is 3.34. The molecule has 0 bridgehead atoms. The van der Waals surface area contributed by atoms with Crippen molar-refractivity contribution >= 4 is 39.8 Å². The normalized spacial score (nSPS) is 11.1. The summed E-state index contributed by atoms with van der Waals surface area (Å²) in [6, 6.07) is 15.3. The number of halogens is 1. The van der Waals surface area contributed by atoms with Crippen LogP contribution in [0.4, 0.5) is 5.95 Å². The summed E-state index contributed by atoms with van der Waals surface area (Å²) in [5.74, 6) is -1.25. The number of carbonyl (C=O) groups excluding carboxylic acids is 1. The van der Waals surface area contributed by atoms with Crippen molar-refractivity contribution in [1.29, 1.82) is 0 Å². The van der Waals surface area contributed by atoms with E-state index in [0.717, 1.165) is 27.6 Å². The van der Waals surface area contributed by atoms with E-state index in [1.54, 1.807) is 34.8 Å². The molecule has 0 aliphatic heterocycles. The monoisotopic (exact) mass is 478 g/mol. The zero-order valence-corrected chi connectivity index (χ0v) is 18.6. The fourth-order valence-electron chi connectivity index (χ4n) is 3.27. The van der Waals surface area contributed by atoms with Gasteiger partial charge in [-0.1, -0.05) is 35.9 Å². The molecule has 0 aliphatic rings. The Morgan fingerprint density at radius 2 is 1.91 bits per heavy atom. The number of anilines is 1. The summed E-state index contributed by atoms with van der Waals surface area (Å²) in [6.07, 6.45) is 0. The van der Waals surface area contributed by atoms with Crippen LogP contribution in [-0.4, -0.2) is 35.4 Å². The maximum absolute atomic E-state index is 12.8. The van der Waals surface area contributed by atoms with Gasteiger partial charge in [-0.25, -0.2) is 4.52 Å². The minimum Gasteiger partial charge on any atom is -0.505 e. The number of hydrogen-bond acceptors (Lipinski definition) is 7. The second-order valence-corrected chi connectivity index (χ2v) is 8.45. The molecule has 3 aromatic heterocycles. The first-order valence-corrected chi connectivity index (χ1v) is 11.0. The van der Waals surface area contributed by atoms with E-state index in [1.165, 1.54) is 11.3 Å². The van der Waals surface area contributed by atoms with Crippen molar-refractivity contribution in [2.45, 2.75) is 6.92 Å². The Morgan fingerprint density at radius 3 is 2.67 bits per heavy atom. The van der Waals surface area contributed by atoms with E-state index in [4.69, 9.17) is 11.6 Å². The quantitative estimate of drug-likeness (QED) is 0.404. The molecule has 5 rings (SSSR count). The van der Waals surface area contributed by atoms with Crippen molar-refractivity contribution in [1.82, 2.24) is 24.4 Å². The van der Waals surface area contributed by atoms with E-state index < -0.39 is 17.2 Å². The summed E-state index contributed by atoms with van der Waals surface area (Å²) >= 11 is 7.32. The molecule has 0 saturated heterocycles. The molecule has 3 heterocycles. The number of fused-ring (bicyclic) bond motifs is 1. The Bertz CT molecular complexity index is 1570. The predicted molar refractivity (Wildman–Crippen MR) is 125 cm³/mol. The van der Waals surface area contributed by atoms with Crippen LogP contribution < -0.4 is 10.9 Å². The van der Waals surface area contributed by atoms with Gasteiger partial charge in [0, 0.05) is 22.0 Å². The summed E-state index contributed by atoms with van der Waals surface area (Å²) in [4.78, 5) is 30.1. The molecular formula is C22H15ClN6O3S. The number of hydrogen-bond donors (Lipinski definition) is 2. The van der Waals surface area contributed by atoms with Crippen molar-refractivity contribution in [3.05, 3.63) is 86.6 Å². The molecule has 0 aliphatic carbocycles. The van der Waals surface area contributed by atoms with Crippen LogP contribution in [0.15, 0.2) is 64.8 Å². The molecule has 2 aromatic carbocycles. The van der Waals surface area contributed by atoms with Gasteiger partial charge in [0.15, 0.2) is 11.4 Å². The summed E-state index contributed by atoms with van der Waals surface area (Å²) in [7, 11) is 0. The highest BCUT2D eigenvalue weighted by molar-refractivity contribution is 7.15. The molecule has 33 heavy (non-hydrogen) atoms. The second-order valence-electron chi connectivity index (χ2n) is 7.18. The van der Waals surface area contributed by atoms with Gasteiger partial charge >= 0.3 is 0 Å². The van der Waals surface area contributed by atoms with Gasteiger partial charge in [-0.15, -0.1) is 16.4 Å². The Kier molecular flexibility index (Phi) is 5.15. The van der Waals surface area contributed by atoms with Crippen LogP contribution in [-0.2, 0) is 0 Å². The first-order valence-electron chi connectivity index (χ1n) is 9.71. The van der Waals surface area contributed by atoms with E-state index in [-0.39, 0.29) is 11.6 Å². The molecule has 0 radical (unpaired) electrons. The first kappa shape index (κ1) is 20.9. The van der Waals surface area contributed by atoms with E-state index in [2.05, 4.69) is 20.5 Å². The number of thiazole rings is 1. The number of aromatic nitrogens is 5. The number of nitrogens with zero attached hydrogens (tertiary/aromatic N) is 5. The fourth-order valence-corrected chi connectivity index (χ4v) is 4.22. The first-order chi connectivity index (χ1) is 15.9. The van der Waals surface area contributed by atoms with Gasteiger partial charge in [0.05, 0.1) is 11.4 Å². The lowest BCUT2D eigenvalue weighted by Crippen LogP contribution is -2.25. The van der Waals surface area contributed by atoms with Crippen LogP contribution in [0.5, 0.6) is 5.75 Å². The zero-order valence-electron chi connectivity index (χ0n) is 17.1. The lowest BCUT2D eigenvalue weighted by molar-refractivity contribution is 0.101. The SMILES string of the molecule is Cc1cccc(-n2nc(C(=O)Nc3nc4scc(-c5ccc(Cl)cc5)n4n3)c(O)cc2=O)c1. The van der Waals surface area contributed by atoms with Gasteiger partial charge in [0.1, 0.15) is 0 Å². The molecule has 9 nitrogen and oxygen atoms in total. The molecule has 164 valence electrons. The topological polar surface area (TPSA) is 114 Å². The molecule has 0 unspecified atom stereocenters. The van der Waals surface area contributed by atoms with Crippen LogP contribution in [0.25, 0.3) is 21.9 Å². The van der Waals surface area contributed by atoms with Gasteiger partial charge < -0.3 is 5.11 Å². The van der Waals surface area contributed by atoms with Crippen molar-refractivity contribution in [2.24, 2.45) is 0 Å². The van der Waals surface area contributed by atoms with Gasteiger partial charge in [0.2, 0.25) is 4.96 Å². The molecule has 2 N–H and O–H groups in total. The third-order valence-electron chi connectivity index (χ3n) is 4.82. The van der Waals surface area contributed by atoms with E-state index in [1.807, 2.05) is 30.5 Å². The standard InChI is InChI=1S/C22H15ClN6O3S/c1-12-3-2-4-15(9-12)28-18(31)10-17(30)19(26-28)20(32)24-21-25-22-29(27-21)16(11-33-22)13-5-7-14(23)8-6-13/h2-11,30H,1H3,(H,24,27,32). The number of benzene rings is 2. The molecule has 5 aromatic rings. The lowest BCUT2D eigenvalue weighted by atomic mass is 10.2. The summed E-state index contributed by atoms with van der Waals surface area (Å²) in [5.41, 5.74) is 2.17. The van der Waals surface area contributed by atoms with Crippen molar-refractivity contribution in [3.8, 4) is 22.7 Å². The highest BCUT2D eigenvalue weighted by Gasteiger charge is 2.20. The maximum atomic E-state index is 12.8. The van der Waals surface area contributed by atoms with Gasteiger partial charge in [-0.3, -0.25) is 14.9 Å². The number of rotatable bonds is 4. The highest BCUT2D eigenvalue weighted by Crippen LogP contribution is 2.27. The number of nitrogens with one attached hydrogen (secondary N) is 1. The number of amides is 1. The van der Waals surface area contributed by atoms with Crippen LogP contribution >= 0.6 is 22.9 Å². The Hall–Kier alpha value is -4.02. The smallest absolute Gasteiger partial charge is 0.282 e. The largest absolute Gasteiger partial charge is 0.505 e. The summed E-state index contributed by atoms with van der Waals surface area (Å²) < 4.78 is 2.66. The van der Waals surface area contributed by atoms with Crippen molar-refractivity contribution in [2.75, 3.05) is 5.32 Å². The van der Waals surface area contributed by atoms with Crippen LogP contribution in [0.1, 0.15) is 16.1 Å². The third kappa shape index (κ3) is 3.97. The van der Waals surface area contributed by atoms with Crippen LogP contribution in [0, 0.1) is 6.92 Å². The van der Waals surface area contributed by atoms with E-state index in [0.29, 0.717) is 15.7 Å². The van der Waals surface area contributed by atoms with E-state index >= 15 is 0 Å². The van der Waals surface area contributed by atoms with Crippen molar-refractivity contribution < 1.29 is 9.90 Å². The maximum Gasteiger partial charge on any atom is 0.282 e. The number of aryl methyl sites for hydroxylation is 1. The minimum absolute atomic E-state index is 0.0385. The molecule has 1 amide bonds. The Labute approximate surface area is 195 Å². The van der Waals surface area contributed by atoms with Crippen LogP contribution in [0.2, 0.25) is 5.02 Å².